The number of fused-ring (bicyclic) bond motifs is 1. The highest BCUT2D eigenvalue weighted by Crippen LogP contribution is 2.38. The van der Waals surface area contributed by atoms with E-state index in [-0.39, 0.29) is 11.6 Å². The first-order valence-corrected chi connectivity index (χ1v) is 6.62. The lowest BCUT2D eigenvalue weighted by Crippen LogP contribution is -2.42. The zero-order chi connectivity index (χ0) is 13.2. The van der Waals surface area contributed by atoms with E-state index in [1.54, 1.807) is 0 Å². The van der Waals surface area contributed by atoms with Crippen LogP contribution in [0.2, 0.25) is 0 Å². The van der Waals surface area contributed by atoms with E-state index in [1.807, 2.05) is 0 Å². The fourth-order valence-electron chi connectivity index (χ4n) is 2.78. The first-order chi connectivity index (χ1) is 8.60. The Hall–Kier alpha value is -1.38. The van der Waals surface area contributed by atoms with Gasteiger partial charge in [-0.15, -0.1) is 0 Å². The summed E-state index contributed by atoms with van der Waals surface area (Å²) in [5.74, 6) is 0.122. The van der Waals surface area contributed by atoms with Crippen molar-refractivity contribution in [3.8, 4) is 5.75 Å². The van der Waals surface area contributed by atoms with Crippen molar-refractivity contribution in [3.05, 3.63) is 29.6 Å². The molecular weight excluding hydrogens is 231 g/mol. The molecule has 0 aromatic heterocycles. The number of carbonyl (C=O) groups is 1. The Balaban J connectivity index is 2.37. The Morgan fingerprint density at radius 2 is 1.94 bits per heavy atom. The summed E-state index contributed by atoms with van der Waals surface area (Å²) >= 11 is 0. The van der Waals surface area contributed by atoms with E-state index in [2.05, 4.69) is 13.8 Å². The highest BCUT2D eigenvalue weighted by molar-refractivity contribution is 6.00. The first-order valence-electron chi connectivity index (χ1n) is 6.62. The van der Waals surface area contributed by atoms with Crippen molar-refractivity contribution in [2.45, 2.75) is 51.6 Å². The number of benzene rings is 1. The van der Waals surface area contributed by atoms with Crippen molar-refractivity contribution in [1.82, 2.24) is 0 Å². The van der Waals surface area contributed by atoms with Crippen LogP contribution in [0.4, 0.5) is 4.39 Å². The molecule has 98 valence electrons. The number of ketones is 1. The molecule has 0 N–H and O–H groups in total. The lowest BCUT2D eigenvalue weighted by molar-refractivity contribution is 0.0268. The normalized spacial score (nSPS) is 17.2. The van der Waals surface area contributed by atoms with Gasteiger partial charge in [0.2, 0.25) is 0 Å². The molecule has 1 heterocycles. The average molecular weight is 250 g/mol. The second-order valence-electron chi connectivity index (χ2n) is 5.03. The molecule has 0 amide bonds. The standard InChI is InChI=1S/C15H19FO2/c1-3-7-15(8-4-2)10-13(17)12-6-5-11(16)9-14(12)18-15/h5-6,9H,3-4,7-8,10H2,1-2H3. The molecule has 0 saturated heterocycles. The third-order valence-electron chi connectivity index (χ3n) is 3.46. The molecule has 2 nitrogen and oxygen atoms in total. The summed E-state index contributed by atoms with van der Waals surface area (Å²) < 4.78 is 19.2. The molecule has 2 rings (SSSR count). The van der Waals surface area contributed by atoms with Gasteiger partial charge >= 0.3 is 0 Å². The van der Waals surface area contributed by atoms with Crippen LogP contribution in [-0.4, -0.2) is 11.4 Å². The van der Waals surface area contributed by atoms with Crippen molar-refractivity contribution in [2.24, 2.45) is 0 Å². The van der Waals surface area contributed by atoms with Crippen LogP contribution in [0, 0.1) is 5.82 Å². The quantitative estimate of drug-likeness (QED) is 0.803. The monoisotopic (exact) mass is 250 g/mol. The maximum atomic E-state index is 13.3. The number of ether oxygens (including phenoxy) is 1. The fraction of sp³-hybridized carbons (Fsp3) is 0.533. The molecule has 0 fully saturated rings. The second-order valence-corrected chi connectivity index (χ2v) is 5.03. The molecule has 3 heteroatoms. The van der Waals surface area contributed by atoms with Crippen LogP contribution in [0.15, 0.2) is 18.2 Å². The van der Waals surface area contributed by atoms with Crippen LogP contribution < -0.4 is 4.74 Å². The molecule has 1 aliphatic heterocycles. The summed E-state index contributed by atoms with van der Waals surface area (Å²) in [5.41, 5.74) is 0.0840. The van der Waals surface area contributed by atoms with Crippen molar-refractivity contribution < 1.29 is 13.9 Å². The lowest BCUT2D eigenvalue weighted by atomic mass is 9.83. The summed E-state index contributed by atoms with van der Waals surface area (Å²) in [5, 5.41) is 0. The van der Waals surface area contributed by atoms with Gasteiger partial charge in [0.1, 0.15) is 17.2 Å². The van der Waals surface area contributed by atoms with Crippen LogP contribution >= 0.6 is 0 Å². The van der Waals surface area contributed by atoms with Crippen LogP contribution in [0.1, 0.15) is 56.3 Å². The van der Waals surface area contributed by atoms with E-state index in [4.69, 9.17) is 4.74 Å². The summed E-state index contributed by atoms with van der Waals surface area (Å²) in [6.07, 6.45) is 3.99. The predicted octanol–water partition coefficient (Wildman–Crippen LogP) is 4.13. The zero-order valence-electron chi connectivity index (χ0n) is 11.0. The molecule has 1 aromatic carbocycles. The molecule has 0 aliphatic carbocycles. The van der Waals surface area contributed by atoms with Crippen LogP contribution in [-0.2, 0) is 0 Å². The van der Waals surface area contributed by atoms with Crippen LogP contribution in [0.3, 0.4) is 0 Å². The minimum atomic E-state index is -0.429. The van der Waals surface area contributed by atoms with Crippen molar-refractivity contribution in [3.63, 3.8) is 0 Å². The van der Waals surface area contributed by atoms with Gasteiger partial charge in [0.15, 0.2) is 5.78 Å². The van der Waals surface area contributed by atoms with Gasteiger partial charge < -0.3 is 4.74 Å². The molecule has 0 unspecified atom stereocenters. The number of Topliss-reactive ketones (excluding diaryl/α,β-unsaturated/α-hetero) is 1. The smallest absolute Gasteiger partial charge is 0.170 e. The maximum Gasteiger partial charge on any atom is 0.170 e. The molecular formula is C15H19FO2. The Bertz CT molecular complexity index is 448. The molecule has 0 spiro atoms. The van der Waals surface area contributed by atoms with Gasteiger partial charge in [-0.05, 0) is 25.0 Å². The van der Waals surface area contributed by atoms with E-state index in [9.17, 15) is 9.18 Å². The van der Waals surface area contributed by atoms with Gasteiger partial charge in [0, 0.05) is 6.07 Å². The largest absolute Gasteiger partial charge is 0.486 e. The minimum Gasteiger partial charge on any atom is -0.486 e. The molecule has 0 bridgehead atoms. The van der Waals surface area contributed by atoms with Gasteiger partial charge in [-0.3, -0.25) is 4.79 Å². The van der Waals surface area contributed by atoms with Crippen molar-refractivity contribution >= 4 is 5.78 Å². The molecule has 1 aromatic rings. The van der Waals surface area contributed by atoms with E-state index < -0.39 is 5.60 Å². The van der Waals surface area contributed by atoms with Crippen LogP contribution in [0.5, 0.6) is 5.75 Å². The Kier molecular flexibility index (Phi) is 3.69. The number of halogens is 1. The summed E-state index contributed by atoms with van der Waals surface area (Å²) in [6, 6.07) is 4.16. The summed E-state index contributed by atoms with van der Waals surface area (Å²) in [7, 11) is 0. The van der Waals surface area contributed by atoms with E-state index in [1.165, 1.54) is 18.2 Å². The predicted molar refractivity (Wildman–Crippen MR) is 68.5 cm³/mol. The average Bonchev–Trinajstić information content (AvgIpc) is 2.28. The lowest BCUT2D eigenvalue weighted by Gasteiger charge is -2.38. The third kappa shape index (κ3) is 2.40. The number of carbonyl (C=O) groups excluding carboxylic acids is 1. The SMILES string of the molecule is CCCC1(CCC)CC(=O)c2ccc(F)cc2O1. The van der Waals surface area contributed by atoms with E-state index in [0.29, 0.717) is 17.7 Å². The summed E-state index contributed by atoms with van der Waals surface area (Å²) in [4.78, 5) is 12.2. The van der Waals surface area contributed by atoms with Crippen molar-refractivity contribution in [1.29, 1.82) is 0 Å². The second kappa shape index (κ2) is 5.09. The van der Waals surface area contributed by atoms with E-state index >= 15 is 0 Å². The van der Waals surface area contributed by atoms with Crippen LogP contribution in [0.25, 0.3) is 0 Å². The molecule has 0 radical (unpaired) electrons. The number of rotatable bonds is 4. The molecule has 18 heavy (non-hydrogen) atoms. The van der Waals surface area contributed by atoms with Gasteiger partial charge in [-0.25, -0.2) is 4.39 Å². The maximum absolute atomic E-state index is 13.3. The first kappa shape index (κ1) is 13.1. The Labute approximate surface area is 107 Å². The molecule has 0 atom stereocenters. The Morgan fingerprint density at radius 3 is 2.56 bits per heavy atom. The van der Waals surface area contributed by atoms with Gasteiger partial charge in [-0.1, -0.05) is 26.7 Å². The molecule has 0 saturated carbocycles. The number of hydrogen-bond donors (Lipinski definition) is 0. The highest BCUT2D eigenvalue weighted by atomic mass is 19.1. The molecule has 1 aliphatic rings. The van der Waals surface area contributed by atoms with Gasteiger partial charge in [-0.2, -0.15) is 0 Å². The highest BCUT2D eigenvalue weighted by Gasteiger charge is 2.39. The third-order valence-corrected chi connectivity index (χ3v) is 3.46. The van der Waals surface area contributed by atoms with Crippen molar-refractivity contribution in [2.75, 3.05) is 0 Å². The minimum absolute atomic E-state index is 0.0677. The van der Waals surface area contributed by atoms with Gasteiger partial charge in [0.05, 0.1) is 12.0 Å². The van der Waals surface area contributed by atoms with E-state index in [0.717, 1.165) is 25.7 Å². The topological polar surface area (TPSA) is 26.3 Å². The summed E-state index contributed by atoms with van der Waals surface area (Å²) in [6.45, 7) is 4.15. The van der Waals surface area contributed by atoms with Gasteiger partial charge in [0.25, 0.3) is 0 Å². The number of hydrogen-bond acceptors (Lipinski definition) is 2. The zero-order valence-corrected chi connectivity index (χ0v) is 11.0. The Morgan fingerprint density at radius 1 is 1.28 bits per heavy atom. The fourth-order valence-corrected chi connectivity index (χ4v) is 2.78.